The molecular formula is C39H46F2N10O3. The fourth-order valence-corrected chi connectivity index (χ4v) is 9.85. The lowest BCUT2D eigenvalue weighted by molar-refractivity contribution is -0.129. The maximum Gasteiger partial charge on any atom is 0.356 e. The van der Waals surface area contributed by atoms with Crippen molar-refractivity contribution >= 4 is 29.2 Å². The van der Waals surface area contributed by atoms with Crippen LogP contribution in [0.1, 0.15) is 77.9 Å². The van der Waals surface area contributed by atoms with Crippen LogP contribution in [0.3, 0.4) is 0 Å². The number of nitrogens with zero attached hydrogens (tertiary/aromatic N) is 10. The third-order valence-corrected chi connectivity index (χ3v) is 12.5. The summed E-state index contributed by atoms with van der Waals surface area (Å²) in [4.78, 5) is 32.7. The summed E-state index contributed by atoms with van der Waals surface area (Å²) in [5, 5.41) is 26.8. The van der Waals surface area contributed by atoms with E-state index in [1.54, 1.807) is 43.2 Å². The fourth-order valence-electron chi connectivity index (χ4n) is 9.85. The molecule has 3 aromatic heterocycles. The van der Waals surface area contributed by atoms with Gasteiger partial charge in [0.15, 0.2) is 17.3 Å². The first kappa shape index (κ1) is 34.8. The molecule has 1 aliphatic carbocycles. The molecule has 1 saturated carbocycles. The maximum absolute atomic E-state index is 14.7. The number of hydrogen-bond donors (Lipinski definition) is 1. The average Bonchev–Trinajstić information content (AvgIpc) is 3.77. The van der Waals surface area contributed by atoms with E-state index < -0.39 is 12.4 Å². The second-order valence-electron chi connectivity index (χ2n) is 15.9. The molecule has 1 unspecified atom stereocenters. The number of aryl methyl sites for hydroxylation is 2. The quantitative estimate of drug-likeness (QED) is 0.261. The number of fused-ring (bicyclic) bond motifs is 4. The van der Waals surface area contributed by atoms with Gasteiger partial charge in [0.25, 0.3) is 6.43 Å². The molecule has 1 amide bonds. The van der Waals surface area contributed by atoms with Crippen LogP contribution in [0.5, 0.6) is 0 Å². The minimum absolute atomic E-state index is 0.00493. The minimum atomic E-state index is -2.65. The predicted octanol–water partition coefficient (Wildman–Crippen LogP) is 5.11. The molecule has 54 heavy (non-hydrogen) atoms. The Kier molecular flexibility index (Phi) is 8.86. The zero-order valence-corrected chi connectivity index (χ0v) is 30.7. The second-order valence-corrected chi connectivity index (χ2v) is 15.9. The number of rotatable bonds is 8. The molecule has 284 valence electrons. The van der Waals surface area contributed by atoms with E-state index in [1.165, 1.54) is 18.2 Å². The number of amides is 1. The summed E-state index contributed by atoms with van der Waals surface area (Å²) in [7, 11) is 1.79. The lowest BCUT2D eigenvalue weighted by atomic mass is 9.66. The van der Waals surface area contributed by atoms with Crippen LogP contribution in [0.4, 0.5) is 26.1 Å². The van der Waals surface area contributed by atoms with Crippen molar-refractivity contribution in [3.8, 4) is 11.1 Å². The Morgan fingerprint density at radius 3 is 2.48 bits per heavy atom. The second kappa shape index (κ2) is 13.7. The normalized spacial score (nSPS) is 23.0. The van der Waals surface area contributed by atoms with Gasteiger partial charge in [0.05, 0.1) is 18.8 Å². The molecule has 13 nitrogen and oxygen atoms in total. The smallest absolute Gasteiger partial charge is 0.356 e. The van der Waals surface area contributed by atoms with Crippen molar-refractivity contribution in [1.29, 1.82) is 0 Å². The number of halogens is 2. The molecule has 10 rings (SSSR count). The predicted molar refractivity (Wildman–Crippen MR) is 197 cm³/mol. The number of hydrogen-bond acceptors (Lipinski definition) is 9. The van der Waals surface area contributed by atoms with E-state index in [0.717, 1.165) is 93.3 Å². The summed E-state index contributed by atoms with van der Waals surface area (Å²) < 4.78 is 33.3. The van der Waals surface area contributed by atoms with Gasteiger partial charge in [-0.05, 0) is 85.3 Å². The molecule has 1 N–H and O–H groups in total. The van der Waals surface area contributed by atoms with Gasteiger partial charge in [0.1, 0.15) is 0 Å². The van der Waals surface area contributed by atoms with Crippen LogP contribution < -0.4 is 9.80 Å². The molecule has 1 aromatic carbocycles. The summed E-state index contributed by atoms with van der Waals surface area (Å²) >= 11 is 0. The number of carbonyl (C=O) groups excluding carboxylic acids is 1. The van der Waals surface area contributed by atoms with Gasteiger partial charge in [0, 0.05) is 100 Å². The Balaban J connectivity index is 0.941. The van der Waals surface area contributed by atoms with Crippen molar-refractivity contribution in [2.75, 3.05) is 55.6 Å². The SMILES string of the molecule is CC(=O)N1CCc2c(c(N3CCCc4cc(-c5cnn(C)c5)c(C(F)F)cc43)nn2C2[C@@H]3C[C@H]2CN(CC2CCN(c4ccc(C(=O)O)nn4)CC2)C3)C1. The molecule has 5 aliphatic heterocycles. The monoisotopic (exact) mass is 740 g/mol. The van der Waals surface area contributed by atoms with E-state index in [4.69, 9.17) is 10.2 Å². The van der Waals surface area contributed by atoms with Crippen molar-refractivity contribution in [2.45, 2.75) is 64.5 Å². The molecule has 0 spiro atoms. The van der Waals surface area contributed by atoms with E-state index in [0.29, 0.717) is 48.5 Å². The van der Waals surface area contributed by atoms with Crippen LogP contribution in [-0.4, -0.2) is 102 Å². The number of benzene rings is 1. The molecule has 8 heterocycles. The van der Waals surface area contributed by atoms with Crippen molar-refractivity contribution in [1.82, 2.24) is 39.6 Å². The molecular weight excluding hydrogens is 694 g/mol. The highest BCUT2D eigenvalue weighted by Gasteiger charge is 2.50. The topological polar surface area (TPSA) is 129 Å². The van der Waals surface area contributed by atoms with E-state index >= 15 is 0 Å². The zero-order chi connectivity index (χ0) is 37.2. The lowest BCUT2D eigenvalue weighted by Gasteiger charge is -2.54. The highest BCUT2D eigenvalue weighted by Crippen LogP contribution is 2.51. The minimum Gasteiger partial charge on any atom is -0.476 e. The van der Waals surface area contributed by atoms with Gasteiger partial charge < -0.3 is 24.7 Å². The number of piperidine rings is 3. The zero-order valence-electron chi connectivity index (χ0n) is 30.7. The summed E-state index contributed by atoms with van der Waals surface area (Å²) in [6.07, 6.45) is 6.45. The van der Waals surface area contributed by atoms with Gasteiger partial charge >= 0.3 is 5.97 Å². The molecule has 6 aliphatic rings. The third-order valence-electron chi connectivity index (χ3n) is 12.5. The number of carbonyl (C=O) groups is 2. The summed E-state index contributed by atoms with van der Waals surface area (Å²) in [6, 6.07) is 7.14. The van der Waals surface area contributed by atoms with Crippen molar-refractivity contribution in [3.63, 3.8) is 0 Å². The van der Waals surface area contributed by atoms with Gasteiger partial charge in [0.2, 0.25) is 5.91 Å². The first-order chi connectivity index (χ1) is 26.1. The van der Waals surface area contributed by atoms with E-state index in [-0.39, 0.29) is 23.2 Å². The standard InChI is InChI=1S/C39H46F2N10O3/c1-23(52)49-13-9-33-31(22-49)38(50-10-3-4-25-15-29(28-17-42-46(2)19-28)30(37(40)41)16-34(25)50)45-51(33)36-26-14-27(36)21-47(20-26)18-24-7-11-48(12-8-24)35-6-5-32(39(53)54)43-44-35/h5-6,15-17,19,24,26-27,36-37H,3-4,7-14,18,20-22H2,1-2H3,(H,53,54)/t26-,27+,36?. The Bertz CT molecular complexity index is 2060. The number of aromatic nitrogens is 6. The number of aromatic carboxylic acids is 1. The first-order valence-corrected chi connectivity index (χ1v) is 19.2. The van der Waals surface area contributed by atoms with Crippen LogP contribution in [0, 0.1) is 17.8 Å². The molecule has 3 atom stereocenters. The number of carboxylic acids is 1. The van der Waals surface area contributed by atoms with Crippen LogP contribution in [-0.2, 0) is 31.2 Å². The van der Waals surface area contributed by atoms with E-state index in [2.05, 4.69) is 34.7 Å². The highest BCUT2D eigenvalue weighted by atomic mass is 19.3. The molecule has 0 radical (unpaired) electrons. The van der Waals surface area contributed by atoms with Crippen molar-refractivity contribution in [2.24, 2.45) is 24.8 Å². The van der Waals surface area contributed by atoms with Gasteiger partial charge in [-0.2, -0.15) is 10.2 Å². The van der Waals surface area contributed by atoms with Gasteiger partial charge in [-0.25, -0.2) is 13.6 Å². The fraction of sp³-hybridized carbons (Fsp3) is 0.538. The van der Waals surface area contributed by atoms with Crippen LogP contribution in [0.15, 0.2) is 36.7 Å². The Morgan fingerprint density at radius 1 is 1.02 bits per heavy atom. The van der Waals surface area contributed by atoms with E-state index in [1.807, 2.05) is 11.0 Å². The largest absolute Gasteiger partial charge is 0.476 e. The van der Waals surface area contributed by atoms with Crippen LogP contribution >= 0.6 is 0 Å². The van der Waals surface area contributed by atoms with Crippen LogP contribution in [0.2, 0.25) is 0 Å². The van der Waals surface area contributed by atoms with Crippen molar-refractivity contribution < 1.29 is 23.5 Å². The Hall–Kier alpha value is -4.92. The van der Waals surface area contributed by atoms with E-state index in [9.17, 15) is 18.4 Å². The Morgan fingerprint density at radius 2 is 1.81 bits per heavy atom. The van der Waals surface area contributed by atoms with Gasteiger partial charge in [-0.3, -0.25) is 14.2 Å². The van der Waals surface area contributed by atoms with Gasteiger partial charge in [-0.15, -0.1) is 10.2 Å². The number of carboxylic acid groups (broad SMARTS) is 1. The number of alkyl halides is 2. The van der Waals surface area contributed by atoms with Crippen LogP contribution in [0.25, 0.3) is 11.1 Å². The maximum atomic E-state index is 14.7. The average molecular weight is 741 g/mol. The van der Waals surface area contributed by atoms with Crippen molar-refractivity contribution in [3.05, 3.63) is 64.7 Å². The highest BCUT2D eigenvalue weighted by molar-refractivity contribution is 5.85. The molecule has 15 heteroatoms. The Labute approximate surface area is 312 Å². The lowest BCUT2D eigenvalue weighted by Crippen LogP contribution is -2.57. The number of anilines is 3. The molecule has 4 fully saturated rings. The van der Waals surface area contributed by atoms with Gasteiger partial charge in [-0.1, -0.05) is 0 Å². The molecule has 4 aromatic rings. The summed E-state index contributed by atoms with van der Waals surface area (Å²) in [5.74, 6) is 2.04. The summed E-state index contributed by atoms with van der Waals surface area (Å²) in [6.45, 7) is 8.26. The summed E-state index contributed by atoms with van der Waals surface area (Å²) in [5.41, 5.74) is 5.21. The molecule has 2 bridgehead atoms. The molecule has 3 saturated heterocycles. The third kappa shape index (κ3) is 6.19. The first-order valence-electron chi connectivity index (χ1n) is 19.2.